The van der Waals surface area contributed by atoms with Gasteiger partial charge >= 0.3 is 6.18 Å². The number of rotatable bonds is 2. The van der Waals surface area contributed by atoms with Gasteiger partial charge in [0.15, 0.2) is 11.5 Å². The van der Waals surface area contributed by atoms with E-state index in [9.17, 15) is 22.4 Å². The van der Waals surface area contributed by atoms with Crippen LogP contribution in [0.1, 0.15) is 40.6 Å². The van der Waals surface area contributed by atoms with Gasteiger partial charge in [-0.25, -0.2) is 9.37 Å². The molecule has 1 fully saturated rings. The van der Waals surface area contributed by atoms with E-state index in [2.05, 4.69) is 9.97 Å². The molecule has 1 aliphatic heterocycles. The molecule has 1 aliphatic rings. The highest BCUT2D eigenvalue weighted by Crippen LogP contribution is 2.32. The number of imidazole rings is 1. The van der Waals surface area contributed by atoms with E-state index in [-0.39, 0.29) is 23.9 Å². The number of carbonyl (C=O) groups excluding carboxylic acids is 1. The second kappa shape index (κ2) is 6.45. The topological polar surface area (TPSA) is 51.0 Å². The van der Waals surface area contributed by atoms with Crippen molar-refractivity contribution in [1.29, 1.82) is 0 Å². The Kier molecular flexibility index (Phi) is 4.49. The number of hydrogen-bond donors (Lipinski definition) is 0. The second-order valence-electron chi connectivity index (χ2n) is 6.04. The maximum Gasteiger partial charge on any atom is 0.434 e. The van der Waals surface area contributed by atoms with Gasteiger partial charge in [-0.1, -0.05) is 0 Å². The minimum absolute atomic E-state index is 0.0912. The fourth-order valence-electron chi connectivity index (χ4n) is 3.09. The van der Waals surface area contributed by atoms with Gasteiger partial charge in [0.1, 0.15) is 5.82 Å². The number of piperidine rings is 1. The van der Waals surface area contributed by atoms with E-state index in [4.69, 9.17) is 0 Å². The highest BCUT2D eigenvalue weighted by atomic mass is 19.4. The third-order valence-electron chi connectivity index (χ3n) is 4.28. The first-order valence-electron chi connectivity index (χ1n) is 7.76. The molecule has 1 atom stereocenters. The largest absolute Gasteiger partial charge is 0.434 e. The van der Waals surface area contributed by atoms with Crippen LogP contribution in [0.4, 0.5) is 17.6 Å². The predicted octanol–water partition coefficient (Wildman–Crippen LogP) is 2.99. The minimum Gasteiger partial charge on any atom is -0.338 e. The van der Waals surface area contributed by atoms with E-state index in [1.807, 2.05) is 0 Å². The van der Waals surface area contributed by atoms with Crippen molar-refractivity contribution < 1.29 is 22.4 Å². The van der Waals surface area contributed by atoms with Gasteiger partial charge in [0.2, 0.25) is 0 Å². The number of aromatic nitrogens is 3. The standard InChI is InChI=1S/C16H16F4N4O/c1-23-9-13(16(18,19)20)22-14(23)10-3-2-6-24(8-10)15(25)11-4-5-21-7-12(11)17/h4-5,7,9-10H,2-3,6,8H2,1H3. The molecule has 9 heteroatoms. The lowest BCUT2D eigenvalue weighted by molar-refractivity contribution is -0.141. The van der Waals surface area contributed by atoms with Crippen LogP contribution < -0.4 is 0 Å². The molecule has 0 N–H and O–H groups in total. The third kappa shape index (κ3) is 3.49. The maximum absolute atomic E-state index is 13.8. The third-order valence-corrected chi connectivity index (χ3v) is 4.28. The highest BCUT2D eigenvalue weighted by molar-refractivity contribution is 5.94. The maximum atomic E-state index is 13.8. The van der Waals surface area contributed by atoms with Crippen LogP contribution in [0.3, 0.4) is 0 Å². The molecular weight excluding hydrogens is 340 g/mol. The van der Waals surface area contributed by atoms with E-state index in [1.54, 1.807) is 0 Å². The van der Waals surface area contributed by atoms with Gasteiger partial charge in [0, 0.05) is 38.4 Å². The molecule has 0 aromatic carbocycles. The fourth-order valence-corrected chi connectivity index (χ4v) is 3.09. The number of carbonyl (C=O) groups is 1. The smallest absolute Gasteiger partial charge is 0.338 e. The second-order valence-corrected chi connectivity index (χ2v) is 6.04. The fraction of sp³-hybridized carbons (Fsp3) is 0.438. The lowest BCUT2D eigenvalue weighted by atomic mass is 9.96. The molecule has 3 heterocycles. The first kappa shape index (κ1) is 17.4. The zero-order chi connectivity index (χ0) is 18.2. The molecule has 1 amide bonds. The summed E-state index contributed by atoms with van der Waals surface area (Å²) in [5, 5.41) is 0. The van der Waals surface area contributed by atoms with Crippen LogP contribution in [0.25, 0.3) is 0 Å². The quantitative estimate of drug-likeness (QED) is 0.778. The number of amides is 1. The van der Waals surface area contributed by atoms with Crippen LogP contribution in [-0.4, -0.2) is 38.4 Å². The Morgan fingerprint density at radius 2 is 2.12 bits per heavy atom. The Bertz CT molecular complexity index is 787. The Morgan fingerprint density at radius 3 is 2.76 bits per heavy atom. The van der Waals surface area contributed by atoms with Gasteiger partial charge in [0.25, 0.3) is 5.91 Å². The number of aryl methyl sites for hydroxylation is 1. The van der Waals surface area contributed by atoms with Crippen molar-refractivity contribution >= 4 is 5.91 Å². The summed E-state index contributed by atoms with van der Waals surface area (Å²) >= 11 is 0. The Hall–Kier alpha value is -2.45. The normalized spacial score (nSPS) is 18.4. The summed E-state index contributed by atoms with van der Waals surface area (Å²) in [5.74, 6) is -1.26. The first-order chi connectivity index (χ1) is 11.8. The summed E-state index contributed by atoms with van der Waals surface area (Å²) in [7, 11) is 1.50. The molecule has 0 aliphatic carbocycles. The van der Waals surface area contributed by atoms with Crippen LogP contribution in [0.15, 0.2) is 24.7 Å². The van der Waals surface area contributed by atoms with Gasteiger partial charge < -0.3 is 9.47 Å². The van der Waals surface area contributed by atoms with Gasteiger partial charge in [0.05, 0.1) is 11.8 Å². The summed E-state index contributed by atoms with van der Waals surface area (Å²) in [6, 6.07) is 1.30. The molecular formula is C16H16F4N4O. The molecule has 2 aromatic heterocycles. The molecule has 0 saturated carbocycles. The van der Waals surface area contributed by atoms with E-state index in [0.717, 1.165) is 12.4 Å². The zero-order valence-corrected chi connectivity index (χ0v) is 13.4. The number of likely N-dealkylation sites (tertiary alicyclic amines) is 1. The number of alkyl halides is 3. The molecule has 2 aromatic rings. The average Bonchev–Trinajstić information content (AvgIpc) is 2.97. The van der Waals surface area contributed by atoms with Crippen molar-refractivity contribution in [2.75, 3.05) is 13.1 Å². The van der Waals surface area contributed by atoms with Crippen LogP contribution in [0.5, 0.6) is 0 Å². The van der Waals surface area contributed by atoms with Crippen molar-refractivity contribution in [3.8, 4) is 0 Å². The SMILES string of the molecule is Cn1cc(C(F)(F)F)nc1C1CCCN(C(=O)c2ccncc2F)C1. The number of pyridine rings is 1. The Morgan fingerprint density at radius 1 is 1.36 bits per heavy atom. The van der Waals surface area contributed by atoms with Gasteiger partial charge in [-0.15, -0.1) is 0 Å². The van der Waals surface area contributed by atoms with E-state index < -0.39 is 23.6 Å². The Balaban J connectivity index is 1.81. The van der Waals surface area contributed by atoms with Gasteiger partial charge in [-0.05, 0) is 18.9 Å². The highest BCUT2D eigenvalue weighted by Gasteiger charge is 2.36. The number of nitrogens with zero attached hydrogens (tertiary/aromatic N) is 4. The van der Waals surface area contributed by atoms with E-state index >= 15 is 0 Å². The summed E-state index contributed by atoms with van der Waals surface area (Å²) in [5.41, 5.74) is -1.04. The monoisotopic (exact) mass is 356 g/mol. The minimum atomic E-state index is -4.51. The van der Waals surface area contributed by atoms with Gasteiger partial charge in [-0.2, -0.15) is 13.2 Å². The predicted molar refractivity (Wildman–Crippen MR) is 80.3 cm³/mol. The van der Waals surface area contributed by atoms with E-state index in [1.165, 1.54) is 28.8 Å². The van der Waals surface area contributed by atoms with Crippen LogP contribution >= 0.6 is 0 Å². The summed E-state index contributed by atoms with van der Waals surface area (Å²) in [6.07, 6.45) is -0.0593. The average molecular weight is 356 g/mol. The van der Waals surface area contributed by atoms with Crippen LogP contribution in [0.2, 0.25) is 0 Å². The molecule has 134 valence electrons. The van der Waals surface area contributed by atoms with Gasteiger partial charge in [-0.3, -0.25) is 9.78 Å². The first-order valence-corrected chi connectivity index (χ1v) is 7.76. The molecule has 25 heavy (non-hydrogen) atoms. The van der Waals surface area contributed by atoms with E-state index in [0.29, 0.717) is 19.4 Å². The Labute approximate surface area is 141 Å². The van der Waals surface area contributed by atoms with Crippen LogP contribution in [0, 0.1) is 5.82 Å². The summed E-state index contributed by atoms with van der Waals surface area (Å²) < 4.78 is 53.6. The number of hydrogen-bond acceptors (Lipinski definition) is 3. The summed E-state index contributed by atoms with van der Waals surface area (Å²) in [6.45, 7) is 0.621. The van der Waals surface area contributed by atoms with Crippen molar-refractivity contribution in [2.24, 2.45) is 7.05 Å². The van der Waals surface area contributed by atoms with Crippen molar-refractivity contribution in [1.82, 2.24) is 19.4 Å². The van der Waals surface area contributed by atoms with Crippen molar-refractivity contribution in [3.05, 3.63) is 47.6 Å². The van der Waals surface area contributed by atoms with Crippen LogP contribution in [-0.2, 0) is 13.2 Å². The molecule has 0 spiro atoms. The van der Waals surface area contributed by atoms with Crippen molar-refractivity contribution in [3.63, 3.8) is 0 Å². The molecule has 0 radical (unpaired) electrons. The van der Waals surface area contributed by atoms with Crippen molar-refractivity contribution in [2.45, 2.75) is 24.9 Å². The lowest BCUT2D eigenvalue weighted by Gasteiger charge is -2.32. The molecule has 1 unspecified atom stereocenters. The lowest BCUT2D eigenvalue weighted by Crippen LogP contribution is -2.40. The summed E-state index contributed by atoms with van der Waals surface area (Å²) in [4.78, 5) is 21.3. The molecule has 0 bridgehead atoms. The molecule has 5 nitrogen and oxygen atoms in total. The zero-order valence-electron chi connectivity index (χ0n) is 13.4. The molecule has 1 saturated heterocycles. The number of halogens is 4. The molecule has 3 rings (SSSR count).